The van der Waals surface area contributed by atoms with Gasteiger partial charge in [0.15, 0.2) is 0 Å². The van der Waals surface area contributed by atoms with Crippen molar-refractivity contribution < 1.29 is 4.74 Å². The maximum Gasteiger partial charge on any atom is 0.270 e. The van der Waals surface area contributed by atoms with E-state index in [-0.39, 0.29) is 11.5 Å². The third-order valence-electron chi connectivity index (χ3n) is 6.04. The lowest BCUT2D eigenvalue weighted by Crippen LogP contribution is -2.32. The van der Waals surface area contributed by atoms with Crippen molar-refractivity contribution >= 4 is 12.2 Å². The molecule has 0 atom stereocenters. The molecule has 8 nitrogen and oxygen atoms in total. The van der Waals surface area contributed by atoms with Crippen molar-refractivity contribution in [2.75, 3.05) is 25.6 Å². The van der Waals surface area contributed by atoms with Crippen LogP contribution in [0.1, 0.15) is 36.5 Å². The number of aromatic nitrogens is 2. The van der Waals surface area contributed by atoms with E-state index in [1.807, 2.05) is 36.4 Å². The number of hydrogen-bond donors (Lipinski definition) is 2. The van der Waals surface area contributed by atoms with Crippen molar-refractivity contribution in [2.24, 2.45) is 11.0 Å². The van der Waals surface area contributed by atoms with Crippen LogP contribution in [0.3, 0.4) is 0 Å². The zero-order valence-electron chi connectivity index (χ0n) is 19.4. The molecule has 1 saturated heterocycles. The second-order valence-corrected chi connectivity index (χ2v) is 8.52. The van der Waals surface area contributed by atoms with Gasteiger partial charge in [-0.3, -0.25) is 14.7 Å². The summed E-state index contributed by atoms with van der Waals surface area (Å²) < 4.78 is 5.56. The summed E-state index contributed by atoms with van der Waals surface area (Å²) in [5, 5.41) is 13.7. The Morgan fingerprint density at radius 3 is 2.74 bits per heavy atom. The fourth-order valence-electron chi connectivity index (χ4n) is 4.07. The van der Waals surface area contributed by atoms with E-state index in [1.54, 1.807) is 25.5 Å². The third-order valence-corrected chi connectivity index (χ3v) is 6.04. The first kappa shape index (κ1) is 23.2. The number of nitrogens with zero attached hydrogens (tertiary/aromatic N) is 4. The summed E-state index contributed by atoms with van der Waals surface area (Å²) in [4.78, 5) is 21.8. The van der Waals surface area contributed by atoms with Crippen LogP contribution in [0.2, 0.25) is 0 Å². The van der Waals surface area contributed by atoms with Crippen LogP contribution in [0.15, 0.2) is 58.4 Å². The van der Waals surface area contributed by atoms with Crippen LogP contribution in [-0.2, 0) is 6.54 Å². The zero-order valence-corrected chi connectivity index (χ0v) is 19.4. The van der Waals surface area contributed by atoms with Gasteiger partial charge in [0.1, 0.15) is 17.4 Å². The second-order valence-electron chi connectivity index (χ2n) is 8.52. The molecular formula is C26H28N6O2. The Balaban J connectivity index is 1.52. The number of likely N-dealkylation sites (tertiary alicyclic amines) is 1. The van der Waals surface area contributed by atoms with Crippen LogP contribution in [-0.4, -0.2) is 41.3 Å². The average molecular weight is 457 g/mol. The lowest BCUT2D eigenvalue weighted by Gasteiger charge is -2.30. The minimum atomic E-state index is -0.517. The molecule has 0 amide bonds. The van der Waals surface area contributed by atoms with Gasteiger partial charge >= 0.3 is 0 Å². The Bertz CT molecular complexity index is 1250. The van der Waals surface area contributed by atoms with Gasteiger partial charge in [-0.25, -0.2) is 10.4 Å². The van der Waals surface area contributed by atoms with E-state index >= 15 is 0 Å². The summed E-state index contributed by atoms with van der Waals surface area (Å²) in [5.74, 6) is 1.80. The molecule has 1 fully saturated rings. The molecule has 0 aliphatic carbocycles. The number of ether oxygens (including phenoxy) is 1. The molecule has 0 bridgehead atoms. The molecule has 4 rings (SSSR count). The van der Waals surface area contributed by atoms with E-state index in [2.05, 4.69) is 38.4 Å². The average Bonchev–Trinajstić information content (AvgIpc) is 2.86. The molecule has 2 heterocycles. The second kappa shape index (κ2) is 10.8. The fraction of sp³-hybridized carbons (Fsp3) is 0.308. The highest BCUT2D eigenvalue weighted by Crippen LogP contribution is 2.24. The van der Waals surface area contributed by atoms with Crippen LogP contribution < -0.4 is 15.7 Å². The SMILES string of the molecule is COc1ccc(C=NNc2nc(-c3ccccc3)c(C#N)c(=O)[nH]2)cc1CN1CCC(C)CC1. The predicted molar refractivity (Wildman–Crippen MR) is 133 cm³/mol. The van der Waals surface area contributed by atoms with Gasteiger partial charge in [-0.1, -0.05) is 37.3 Å². The molecule has 0 saturated carbocycles. The number of hydrazone groups is 1. The summed E-state index contributed by atoms with van der Waals surface area (Å²) >= 11 is 0. The molecule has 1 aromatic heterocycles. The van der Waals surface area contributed by atoms with Crippen LogP contribution in [0.25, 0.3) is 11.3 Å². The normalized spacial score (nSPS) is 14.7. The van der Waals surface area contributed by atoms with Crippen molar-refractivity contribution in [3.63, 3.8) is 0 Å². The number of methoxy groups -OCH3 is 1. The number of benzene rings is 2. The van der Waals surface area contributed by atoms with Crippen molar-refractivity contribution in [3.8, 4) is 23.1 Å². The number of nitriles is 1. The zero-order chi connectivity index (χ0) is 23.9. The molecule has 1 aliphatic heterocycles. The van der Waals surface area contributed by atoms with E-state index in [9.17, 15) is 10.1 Å². The standard InChI is InChI=1S/C26H28N6O2/c1-18-10-12-32(13-11-18)17-21-14-19(8-9-23(21)34-2)16-28-31-26-29-24(20-6-4-3-5-7-20)22(15-27)25(33)30-26/h3-9,14,16,18H,10-13,17H2,1-2H3,(H2,29,30,31,33). The Labute approximate surface area is 198 Å². The molecule has 2 N–H and O–H groups in total. The number of nitrogens with one attached hydrogen (secondary N) is 2. The van der Waals surface area contributed by atoms with Gasteiger partial charge in [0.2, 0.25) is 5.95 Å². The summed E-state index contributed by atoms with van der Waals surface area (Å²) in [6.07, 6.45) is 4.10. The number of piperidine rings is 1. The van der Waals surface area contributed by atoms with E-state index in [0.29, 0.717) is 11.3 Å². The molecular weight excluding hydrogens is 428 g/mol. The van der Waals surface area contributed by atoms with Crippen molar-refractivity contribution in [1.82, 2.24) is 14.9 Å². The molecule has 0 radical (unpaired) electrons. The van der Waals surface area contributed by atoms with E-state index in [4.69, 9.17) is 4.74 Å². The Morgan fingerprint density at radius 2 is 2.03 bits per heavy atom. The van der Waals surface area contributed by atoms with Crippen LogP contribution in [0.4, 0.5) is 5.95 Å². The van der Waals surface area contributed by atoms with Crippen molar-refractivity contribution in [2.45, 2.75) is 26.3 Å². The Kier molecular flexibility index (Phi) is 7.35. The fourth-order valence-corrected chi connectivity index (χ4v) is 4.07. The highest BCUT2D eigenvalue weighted by Gasteiger charge is 2.17. The number of aromatic amines is 1. The molecule has 174 valence electrons. The number of anilines is 1. The topological polar surface area (TPSA) is 106 Å². The monoisotopic (exact) mass is 456 g/mol. The summed E-state index contributed by atoms with van der Waals surface area (Å²) in [7, 11) is 1.68. The lowest BCUT2D eigenvalue weighted by molar-refractivity contribution is 0.183. The van der Waals surface area contributed by atoms with Gasteiger partial charge in [-0.2, -0.15) is 10.4 Å². The van der Waals surface area contributed by atoms with E-state index in [1.165, 1.54) is 12.8 Å². The quantitative estimate of drug-likeness (QED) is 0.411. The number of rotatable bonds is 7. The summed E-state index contributed by atoms with van der Waals surface area (Å²) in [6, 6.07) is 17.0. The van der Waals surface area contributed by atoms with Crippen molar-refractivity contribution in [3.05, 3.63) is 75.6 Å². The van der Waals surface area contributed by atoms with Crippen LogP contribution in [0, 0.1) is 17.2 Å². The van der Waals surface area contributed by atoms with Gasteiger partial charge in [0, 0.05) is 17.7 Å². The first-order valence-electron chi connectivity index (χ1n) is 11.4. The molecule has 2 aromatic carbocycles. The van der Waals surface area contributed by atoms with Gasteiger partial charge in [0.05, 0.1) is 19.0 Å². The molecule has 3 aromatic rings. The number of H-pyrrole nitrogens is 1. The van der Waals surface area contributed by atoms with Crippen LogP contribution >= 0.6 is 0 Å². The lowest BCUT2D eigenvalue weighted by atomic mass is 9.98. The smallest absolute Gasteiger partial charge is 0.270 e. The molecule has 0 spiro atoms. The predicted octanol–water partition coefficient (Wildman–Crippen LogP) is 4.00. The number of hydrogen-bond acceptors (Lipinski definition) is 7. The maximum absolute atomic E-state index is 12.4. The first-order chi connectivity index (χ1) is 16.6. The molecule has 34 heavy (non-hydrogen) atoms. The Morgan fingerprint density at radius 1 is 1.26 bits per heavy atom. The van der Waals surface area contributed by atoms with Gasteiger partial charge in [-0.15, -0.1) is 0 Å². The molecule has 1 aliphatic rings. The maximum atomic E-state index is 12.4. The first-order valence-corrected chi connectivity index (χ1v) is 11.4. The third kappa shape index (κ3) is 5.50. The van der Waals surface area contributed by atoms with Crippen LogP contribution in [0.5, 0.6) is 5.75 Å². The van der Waals surface area contributed by atoms with Gasteiger partial charge in [0.25, 0.3) is 5.56 Å². The minimum absolute atomic E-state index is 0.0346. The molecule has 8 heteroatoms. The van der Waals surface area contributed by atoms with Crippen molar-refractivity contribution in [1.29, 1.82) is 5.26 Å². The Hall–Kier alpha value is -3.96. The van der Waals surface area contributed by atoms with E-state index < -0.39 is 5.56 Å². The van der Waals surface area contributed by atoms with Gasteiger partial charge < -0.3 is 4.74 Å². The largest absolute Gasteiger partial charge is 0.496 e. The van der Waals surface area contributed by atoms with E-state index in [0.717, 1.165) is 42.4 Å². The minimum Gasteiger partial charge on any atom is -0.496 e. The highest BCUT2D eigenvalue weighted by atomic mass is 16.5. The highest BCUT2D eigenvalue weighted by molar-refractivity contribution is 5.81. The van der Waals surface area contributed by atoms with Gasteiger partial charge in [-0.05, 0) is 55.6 Å². The summed E-state index contributed by atoms with van der Waals surface area (Å²) in [6.45, 7) is 5.31. The molecule has 0 unspecified atom stereocenters. The summed E-state index contributed by atoms with van der Waals surface area (Å²) in [5.41, 5.74) is 5.23.